The van der Waals surface area contributed by atoms with Crippen LogP contribution in [-0.4, -0.2) is 60.1 Å². The number of anilines is 1. The van der Waals surface area contributed by atoms with E-state index >= 15 is 0 Å². The molecule has 0 aliphatic carbocycles. The third-order valence-electron chi connectivity index (χ3n) is 5.09. The number of carbonyl (C=O) groups excluding carboxylic acids is 1. The van der Waals surface area contributed by atoms with Gasteiger partial charge in [-0.3, -0.25) is 9.69 Å². The molecule has 5 nitrogen and oxygen atoms in total. The summed E-state index contributed by atoms with van der Waals surface area (Å²) in [6.07, 6.45) is 2.67. The summed E-state index contributed by atoms with van der Waals surface area (Å²) in [4.78, 5) is 17.5. The Labute approximate surface area is 144 Å². The molecule has 1 amide bonds. The summed E-state index contributed by atoms with van der Waals surface area (Å²) in [5.74, 6) is 0.122. The van der Waals surface area contributed by atoms with E-state index in [2.05, 4.69) is 18.7 Å². The smallest absolute Gasteiger partial charge is 0.254 e. The summed E-state index contributed by atoms with van der Waals surface area (Å²) >= 11 is 0. The van der Waals surface area contributed by atoms with Crippen LogP contribution in [0.25, 0.3) is 0 Å². The summed E-state index contributed by atoms with van der Waals surface area (Å²) in [6, 6.07) is 5.88. The quantitative estimate of drug-likeness (QED) is 0.864. The van der Waals surface area contributed by atoms with E-state index in [1.54, 1.807) is 0 Å². The molecule has 2 heterocycles. The first-order chi connectivity index (χ1) is 11.4. The van der Waals surface area contributed by atoms with Gasteiger partial charge in [-0.15, -0.1) is 0 Å². The Morgan fingerprint density at radius 3 is 2.71 bits per heavy atom. The second-order valence-corrected chi connectivity index (χ2v) is 7.34. The maximum absolute atomic E-state index is 13.0. The molecule has 2 aliphatic rings. The van der Waals surface area contributed by atoms with Gasteiger partial charge >= 0.3 is 0 Å². The molecule has 0 saturated carbocycles. The number of hydrogen-bond acceptors (Lipinski definition) is 4. The lowest BCUT2D eigenvalue weighted by Crippen LogP contribution is -2.51. The van der Waals surface area contributed by atoms with Gasteiger partial charge in [0.2, 0.25) is 0 Å². The van der Waals surface area contributed by atoms with Crippen molar-refractivity contribution in [2.75, 3.05) is 31.9 Å². The van der Waals surface area contributed by atoms with E-state index < -0.39 is 0 Å². The third-order valence-corrected chi connectivity index (χ3v) is 5.09. The molecule has 3 unspecified atom stereocenters. The molecule has 0 aromatic heterocycles. The Kier molecular flexibility index (Phi) is 5.11. The number of benzene rings is 1. The number of amides is 1. The normalized spacial score (nSPS) is 28.3. The van der Waals surface area contributed by atoms with Crippen LogP contribution in [0.2, 0.25) is 0 Å². The van der Waals surface area contributed by atoms with Crippen LogP contribution >= 0.6 is 0 Å². The molecule has 1 aromatic carbocycles. The van der Waals surface area contributed by atoms with Gasteiger partial charge in [-0.1, -0.05) is 6.07 Å². The van der Waals surface area contributed by atoms with Crippen molar-refractivity contribution in [3.05, 3.63) is 29.3 Å². The molecule has 0 bridgehead atoms. The Bertz CT molecular complexity index is 594. The SMILES string of the molecule is Cc1ccc(N)cc1C(=O)N1CCCC1CN1CC(C)OC(C)C1. The van der Waals surface area contributed by atoms with Crippen molar-refractivity contribution in [2.24, 2.45) is 0 Å². The first-order valence-electron chi connectivity index (χ1n) is 8.99. The van der Waals surface area contributed by atoms with Crippen LogP contribution in [0.1, 0.15) is 42.6 Å². The van der Waals surface area contributed by atoms with Gasteiger partial charge in [0.15, 0.2) is 0 Å². The maximum Gasteiger partial charge on any atom is 0.254 e. The van der Waals surface area contributed by atoms with Crippen molar-refractivity contribution in [3.63, 3.8) is 0 Å². The first-order valence-corrected chi connectivity index (χ1v) is 8.99. The van der Waals surface area contributed by atoms with E-state index in [1.807, 2.05) is 30.0 Å². The zero-order chi connectivity index (χ0) is 17.3. The monoisotopic (exact) mass is 331 g/mol. The second-order valence-electron chi connectivity index (χ2n) is 7.34. The molecule has 2 N–H and O–H groups in total. The minimum absolute atomic E-state index is 0.122. The largest absolute Gasteiger partial charge is 0.399 e. The van der Waals surface area contributed by atoms with Crippen molar-refractivity contribution in [1.29, 1.82) is 0 Å². The Hall–Kier alpha value is -1.59. The average molecular weight is 331 g/mol. The fourth-order valence-corrected chi connectivity index (χ4v) is 4.05. The van der Waals surface area contributed by atoms with Gasteiger partial charge < -0.3 is 15.4 Å². The highest BCUT2D eigenvalue weighted by Crippen LogP contribution is 2.24. The summed E-state index contributed by atoms with van der Waals surface area (Å²) in [5, 5.41) is 0. The lowest BCUT2D eigenvalue weighted by Gasteiger charge is -2.38. The molecule has 0 spiro atoms. The summed E-state index contributed by atoms with van der Waals surface area (Å²) in [5.41, 5.74) is 8.27. The summed E-state index contributed by atoms with van der Waals surface area (Å²) < 4.78 is 5.82. The molecule has 5 heteroatoms. The number of rotatable bonds is 3. The average Bonchev–Trinajstić information content (AvgIpc) is 2.96. The van der Waals surface area contributed by atoms with Crippen LogP contribution in [0.15, 0.2) is 18.2 Å². The molecule has 24 heavy (non-hydrogen) atoms. The maximum atomic E-state index is 13.0. The minimum atomic E-state index is 0.122. The number of carbonyl (C=O) groups is 1. The summed E-state index contributed by atoms with van der Waals surface area (Å²) in [7, 11) is 0. The van der Waals surface area contributed by atoms with Crippen LogP contribution in [0.3, 0.4) is 0 Å². The molecule has 0 radical (unpaired) electrons. The number of nitrogens with zero attached hydrogens (tertiary/aromatic N) is 2. The molecule has 3 atom stereocenters. The van der Waals surface area contributed by atoms with E-state index in [9.17, 15) is 4.79 Å². The molecule has 2 saturated heterocycles. The van der Waals surface area contributed by atoms with Gasteiger partial charge in [0.1, 0.15) is 0 Å². The highest BCUT2D eigenvalue weighted by molar-refractivity contribution is 5.96. The van der Waals surface area contributed by atoms with Crippen molar-refractivity contribution in [3.8, 4) is 0 Å². The molecule has 2 aliphatic heterocycles. The van der Waals surface area contributed by atoms with Crippen LogP contribution in [0, 0.1) is 6.92 Å². The number of morpholine rings is 1. The Morgan fingerprint density at radius 2 is 2.00 bits per heavy atom. The van der Waals surface area contributed by atoms with Crippen LogP contribution in [0.4, 0.5) is 5.69 Å². The van der Waals surface area contributed by atoms with Gasteiger partial charge in [-0.05, 0) is 51.3 Å². The predicted octanol–water partition coefficient (Wildman–Crippen LogP) is 2.29. The number of likely N-dealkylation sites (tertiary alicyclic amines) is 1. The number of nitrogens with two attached hydrogens (primary N) is 1. The molecule has 132 valence electrons. The second kappa shape index (κ2) is 7.11. The van der Waals surface area contributed by atoms with Gasteiger partial charge in [0, 0.05) is 43.5 Å². The van der Waals surface area contributed by atoms with Gasteiger partial charge in [0.05, 0.1) is 12.2 Å². The van der Waals surface area contributed by atoms with Crippen molar-refractivity contribution < 1.29 is 9.53 Å². The fourth-order valence-electron chi connectivity index (χ4n) is 4.05. The Morgan fingerprint density at radius 1 is 1.29 bits per heavy atom. The van der Waals surface area contributed by atoms with E-state index in [-0.39, 0.29) is 24.2 Å². The number of ether oxygens (including phenoxy) is 1. The van der Waals surface area contributed by atoms with E-state index in [4.69, 9.17) is 10.5 Å². The molecule has 3 rings (SSSR count). The van der Waals surface area contributed by atoms with Crippen molar-refractivity contribution in [2.45, 2.75) is 51.9 Å². The highest BCUT2D eigenvalue weighted by atomic mass is 16.5. The van der Waals surface area contributed by atoms with Gasteiger partial charge in [-0.2, -0.15) is 0 Å². The molecular formula is C19H29N3O2. The number of aryl methyl sites for hydroxylation is 1. The van der Waals surface area contributed by atoms with E-state index in [0.717, 1.165) is 50.1 Å². The predicted molar refractivity (Wildman–Crippen MR) is 96.1 cm³/mol. The molecule has 2 fully saturated rings. The fraction of sp³-hybridized carbons (Fsp3) is 0.632. The summed E-state index contributed by atoms with van der Waals surface area (Å²) in [6.45, 7) is 9.88. The van der Waals surface area contributed by atoms with Crippen LogP contribution in [0.5, 0.6) is 0 Å². The van der Waals surface area contributed by atoms with E-state index in [0.29, 0.717) is 5.69 Å². The molecular weight excluding hydrogens is 302 g/mol. The van der Waals surface area contributed by atoms with Crippen LogP contribution < -0.4 is 5.73 Å². The first kappa shape index (κ1) is 17.2. The number of nitrogen functional groups attached to an aromatic ring is 1. The van der Waals surface area contributed by atoms with Gasteiger partial charge in [0.25, 0.3) is 5.91 Å². The Balaban J connectivity index is 1.71. The zero-order valence-electron chi connectivity index (χ0n) is 15.0. The topological polar surface area (TPSA) is 58.8 Å². The standard InChI is InChI=1S/C19H29N3O2/c1-13-6-7-16(20)9-18(13)19(23)22-8-4-5-17(22)12-21-10-14(2)24-15(3)11-21/h6-7,9,14-15,17H,4-5,8,10-12,20H2,1-3H3. The van der Waals surface area contributed by atoms with Crippen molar-refractivity contribution >= 4 is 11.6 Å². The lowest BCUT2D eigenvalue weighted by atomic mass is 10.1. The molecule has 1 aromatic rings. The zero-order valence-corrected chi connectivity index (χ0v) is 15.0. The minimum Gasteiger partial charge on any atom is -0.399 e. The van der Waals surface area contributed by atoms with Gasteiger partial charge in [-0.25, -0.2) is 0 Å². The van der Waals surface area contributed by atoms with Crippen LogP contribution in [-0.2, 0) is 4.74 Å². The highest BCUT2D eigenvalue weighted by Gasteiger charge is 2.33. The third kappa shape index (κ3) is 3.73. The van der Waals surface area contributed by atoms with Crippen molar-refractivity contribution in [1.82, 2.24) is 9.80 Å². The van der Waals surface area contributed by atoms with E-state index in [1.165, 1.54) is 0 Å². The number of hydrogen-bond donors (Lipinski definition) is 1. The lowest BCUT2D eigenvalue weighted by molar-refractivity contribution is -0.0715.